The predicted octanol–water partition coefficient (Wildman–Crippen LogP) is 3.33. The highest BCUT2D eigenvalue weighted by Crippen LogP contribution is 2.29. The number of methoxy groups -OCH3 is 1. The summed E-state index contributed by atoms with van der Waals surface area (Å²) in [5.74, 6) is 2.84. The first-order valence-electron chi connectivity index (χ1n) is 10.3. The van der Waals surface area contributed by atoms with Crippen LogP contribution in [-0.2, 0) is 0 Å². The predicted molar refractivity (Wildman–Crippen MR) is 106 cm³/mol. The first-order chi connectivity index (χ1) is 13.2. The average molecular weight is 370 g/mol. The van der Waals surface area contributed by atoms with Gasteiger partial charge in [-0.15, -0.1) is 5.10 Å². The molecule has 6 heteroatoms. The van der Waals surface area contributed by atoms with Gasteiger partial charge in [0.25, 0.3) is 0 Å². The number of aromatic nitrogens is 3. The molecule has 1 aromatic heterocycles. The molecule has 0 amide bonds. The van der Waals surface area contributed by atoms with Gasteiger partial charge in [0, 0.05) is 12.5 Å². The van der Waals surface area contributed by atoms with Gasteiger partial charge < -0.3 is 9.64 Å². The second-order valence-electron chi connectivity index (χ2n) is 8.00. The molecule has 1 N–H and O–H groups in total. The lowest BCUT2D eigenvalue weighted by Crippen LogP contribution is -2.37. The van der Waals surface area contributed by atoms with E-state index < -0.39 is 0 Å². The van der Waals surface area contributed by atoms with Gasteiger partial charge in [-0.05, 0) is 69.0 Å². The van der Waals surface area contributed by atoms with Crippen molar-refractivity contribution in [3.8, 4) is 11.4 Å². The first kappa shape index (κ1) is 18.3. The van der Waals surface area contributed by atoms with Crippen LogP contribution in [0.25, 0.3) is 5.69 Å². The Hall–Kier alpha value is -2.08. The van der Waals surface area contributed by atoms with Gasteiger partial charge in [0.2, 0.25) is 0 Å². The lowest BCUT2D eigenvalue weighted by atomic mass is 9.88. The Morgan fingerprint density at radius 3 is 2.44 bits per heavy atom. The van der Waals surface area contributed by atoms with Gasteiger partial charge in [-0.2, -0.15) is 4.68 Å². The van der Waals surface area contributed by atoms with E-state index in [4.69, 9.17) is 4.74 Å². The SMILES string of the molecule is COc1ccc(-n2nc(C3CCN(CC4CCCCC4)CC3)[nH]c2=O)cc1. The fourth-order valence-electron chi connectivity index (χ4n) is 4.55. The van der Waals surface area contributed by atoms with Crippen molar-refractivity contribution in [1.82, 2.24) is 19.7 Å². The summed E-state index contributed by atoms with van der Waals surface area (Å²) in [6, 6.07) is 7.41. The Morgan fingerprint density at radius 1 is 1.07 bits per heavy atom. The molecule has 1 aromatic carbocycles. The molecular weight excluding hydrogens is 340 g/mol. The highest BCUT2D eigenvalue weighted by atomic mass is 16.5. The number of nitrogens with zero attached hydrogens (tertiary/aromatic N) is 3. The summed E-state index contributed by atoms with van der Waals surface area (Å²) >= 11 is 0. The van der Waals surface area contributed by atoms with E-state index in [-0.39, 0.29) is 5.69 Å². The Labute approximate surface area is 160 Å². The molecule has 2 aromatic rings. The number of hydrogen-bond donors (Lipinski definition) is 1. The van der Waals surface area contributed by atoms with Crippen LogP contribution in [0.2, 0.25) is 0 Å². The summed E-state index contributed by atoms with van der Waals surface area (Å²) < 4.78 is 6.64. The smallest absolute Gasteiger partial charge is 0.348 e. The van der Waals surface area contributed by atoms with E-state index in [2.05, 4.69) is 15.0 Å². The molecule has 1 aliphatic carbocycles. The number of nitrogens with one attached hydrogen (secondary N) is 1. The molecule has 0 radical (unpaired) electrons. The fourth-order valence-corrected chi connectivity index (χ4v) is 4.55. The molecule has 1 saturated heterocycles. The topological polar surface area (TPSA) is 63.1 Å². The highest BCUT2D eigenvalue weighted by molar-refractivity contribution is 5.36. The van der Waals surface area contributed by atoms with E-state index in [0.717, 1.165) is 49.1 Å². The number of benzene rings is 1. The monoisotopic (exact) mass is 370 g/mol. The van der Waals surface area contributed by atoms with E-state index >= 15 is 0 Å². The second-order valence-corrected chi connectivity index (χ2v) is 8.00. The molecule has 6 nitrogen and oxygen atoms in total. The maximum Gasteiger partial charge on any atom is 0.348 e. The van der Waals surface area contributed by atoms with Crippen molar-refractivity contribution < 1.29 is 4.74 Å². The quantitative estimate of drug-likeness (QED) is 0.877. The number of likely N-dealkylation sites (tertiary alicyclic amines) is 1. The lowest BCUT2D eigenvalue weighted by molar-refractivity contribution is 0.162. The third-order valence-electron chi connectivity index (χ3n) is 6.17. The van der Waals surface area contributed by atoms with E-state index in [1.54, 1.807) is 7.11 Å². The highest BCUT2D eigenvalue weighted by Gasteiger charge is 2.26. The third kappa shape index (κ3) is 4.26. The number of piperidine rings is 1. The van der Waals surface area contributed by atoms with Gasteiger partial charge in [-0.3, -0.25) is 4.98 Å². The number of ether oxygens (including phenoxy) is 1. The van der Waals surface area contributed by atoms with Crippen LogP contribution in [0.4, 0.5) is 0 Å². The van der Waals surface area contributed by atoms with Gasteiger partial charge >= 0.3 is 5.69 Å². The van der Waals surface area contributed by atoms with Crippen molar-refractivity contribution in [2.45, 2.75) is 50.9 Å². The minimum Gasteiger partial charge on any atom is -0.497 e. The van der Waals surface area contributed by atoms with Crippen LogP contribution in [0.15, 0.2) is 29.1 Å². The van der Waals surface area contributed by atoms with Crippen LogP contribution in [-0.4, -0.2) is 46.4 Å². The van der Waals surface area contributed by atoms with Gasteiger partial charge in [0.1, 0.15) is 11.6 Å². The molecule has 27 heavy (non-hydrogen) atoms. The average Bonchev–Trinajstić information content (AvgIpc) is 3.11. The van der Waals surface area contributed by atoms with E-state index in [1.807, 2.05) is 24.3 Å². The largest absolute Gasteiger partial charge is 0.497 e. The molecular formula is C21H30N4O2. The van der Waals surface area contributed by atoms with E-state index in [0.29, 0.717) is 5.92 Å². The minimum absolute atomic E-state index is 0.167. The van der Waals surface area contributed by atoms with Crippen molar-refractivity contribution in [2.75, 3.05) is 26.7 Å². The zero-order valence-electron chi connectivity index (χ0n) is 16.2. The molecule has 0 bridgehead atoms. The number of hydrogen-bond acceptors (Lipinski definition) is 4. The minimum atomic E-state index is -0.167. The number of H-pyrrole nitrogens is 1. The summed E-state index contributed by atoms with van der Waals surface area (Å²) in [5.41, 5.74) is 0.595. The number of rotatable bonds is 5. The molecule has 146 valence electrons. The summed E-state index contributed by atoms with van der Waals surface area (Å²) in [4.78, 5) is 18.0. The Morgan fingerprint density at radius 2 is 1.78 bits per heavy atom. The van der Waals surface area contributed by atoms with E-state index in [1.165, 1.54) is 43.3 Å². The first-order valence-corrected chi connectivity index (χ1v) is 10.3. The van der Waals surface area contributed by atoms with Crippen LogP contribution in [0.3, 0.4) is 0 Å². The van der Waals surface area contributed by atoms with Crippen molar-refractivity contribution >= 4 is 0 Å². The third-order valence-corrected chi connectivity index (χ3v) is 6.17. The summed E-state index contributed by atoms with van der Waals surface area (Å²) in [6.45, 7) is 3.47. The van der Waals surface area contributed by atoms with Crippen molar-refractivity contribution in [3.05, 3.63) is 40.6 Å². The van der Waals surface area contributed by atoms with Crippen molar-refractivity contribution in [3.63, 3.8) is 0 Å². The van der Waals surface area contributed by atoms with Gasteiger partial charge in [0.15, 0.2) is 0 Å². The zero-order chi connectivity index (χ0) is 18.6. The Kier molecular flexibility index (Phi) is 5.62. The summed E-state index contributed by atoms with van der Waals surface area (Å²) in [6.07, 6.45) is 9.18. The van der Waals surface area contributed by atoms with Crippen LogP contribution < -0.4 is 10.4 Å². The van der Waals surface area contributed by atoms with Crippen LogP contribution in [0, 0.1) is 5.92 Å². The molecule has 2 aliphatic rings. The molecule has 4 rings (SSSR count). The zero-order valence-corrected chi connectivity index (χ0v) is 16.2. The van der Waals surface area contributed by atoms with Gasteiger partial charge in [0.05, 0.1) is 12.8 Å². The molecule has 1 aliphatic heterocycles. The van der Waals surface area contributed by atoms with Crippen LogP contribution >= 0.6 is 0 Å². The summed E-state index contributed by atoms with van der Waals surface area (Å²) in [7, 11) is 1.63. The lowest BCUT2D eigenvalue weighted by Gasteiger charge is -2.34. The van der Waals surface area contributed by atoms with Gasteiger partial charge in [-0.1, -0.05) is 19.3 Å². The second kappa shape index (κ2) is 8.30. The maximum atomic E-state index is 12.4. The Balaban J connectivity index is 1.37. The standard InChI is InChI=1S/C21H30N4O2/c1-27-19-9-7-18(8-10-19)25-21(26)22-20(23-25)17-11-13-24(14-12-17)15-16-5-3-2-4-6-16/h7-10,16-17H,2-6,11-15H2,1H3,(H,22,23,26). The molecule has 2 heterocycles. The molecule has 0 unspecified atom stereocenters. The number of aromatic amines is 1. The van der Waals surface area contributed by atoms with Crippen LogP contribution in [0.1, 0.15) is 56.7 Å². The maximum absolute atomic E-state index is 12.4. The fraction of sp³-hybridized carbons (Fsp3) is 0.619. The molecule has 0 atom stereocenters. The van der Waals surface area contributed by atoms with Crippen LogP contribution in [0.5, 0.6) is 5.75 Å². The summed E-state index contributed by atoms with van der Waals surface area (Å²) in [5, 5.41) is 4.59. The van der Waals surface area contributed by atoms with E-state index in [9.17, 15) is 4.79 Å². The van der Waals surface area contributed by atoms with Crippen molar-refractivity contribution in [2.24, 2.45) is 5.92 Å². The molecule has 1 saturated carbocycles. The molecule has 2 fully saturated rings. The molecule has 0 spiro atoms. The Bertz CT molecular complexity index is 781. The van der Waals surface area contributed by atoms with Gasteiger partial charge in [-0.25, -0.2) is 4.79 Å². The van der Waals surface area contributed by atoms with Crippen molar-refractivity contribution in [1.29, 1.82) is 0 Å². The normalized spacial score (nSPS) is 20.0.